The number of hydrogen-bond acceptors (Lipinski definition) is 6. The summed E-state index contributed by atoms with van der Waals surface area (Å²) in [5.74, 6) is -0.239. The highest BCUT2D eigenvalue weighted by Gasteiger charge is 2.22. The minimum Gasteiger partial charge on any atom is -0.351 e. The van der Waals surface area contributed by atoms with E-state index < -0.39 is 4.92 Å². The van der Waals surface area contributed by atoms with Gasteiger partial charge in [0.15, 0.2) is 0 Å². The van der Waals surface area contributed by atoms with E-state index in [1.54, 1.807) is 26.1 Å². The van der Waals surface area contributed by atoms with E-state index in [4.69, 9.17) is 0 Å². The van der Waals surface area contributed by atoms with Gasteiger partial charge in [0, 0.05) is 12.7 Å². The summed E-state index contributed by atoms with van der Waals surface area (Å²) in [5.41, 5.74) is 1.12. The van der Waals surface area contributed by atoms with Crippen molar-refractivity contribution in [2.75, 3.05) is 27.2 Å². The van der Waals surface area contributed by atoms with Crippen LogP contribution < -0.4 is 5.32 Å². The van der Waals surface area contributed by atoms with Crippen molar-refractivity contribution in [3.63, 3.8) is 0 Å². The van der Waals surface area contributed by atoms with Crippen molar-refractivity contribution < 1.29 is 9.72 Å². The monoisotopic (exact) mass is 349 g/mol. The number of carbonyl (C=O) groups excluding carboxylic acids is 1. The molecule has 0 radical (unpaired) electrons. The van der Waals surface area contributed by atoms with Crippen LogP contribution in [0.25, 0.3) is 0 Å². The number of nitrogens with zero attached hydrogens (tertiary/aromatic N) is 6. The van der Waals surface area contributed by atoms with Crippen LogP contribution in [0.4, 0.5) is 5.69 Å². The highest BCUT2D eigenvalue weighted by atomic mass is 16.6. The van der Waals surface area contributed by atoms with E-state index in [0.29, 0.717) is 23.6 Å². The fourth-order valence-electron chi connectivity index (χ4n) is 2.48. The summed E-state index contributed by atoms with van der Waals surface area (Å²) in [7, 11) is 3.96. The lowest BCUT2D eigenvalue weighted by Gasteiger charge is -2.09. The van der Waals surface area contributed by atoms with E-state index in [2.05, 4.69) is 20.4 Å². The topological polar surface area (TPSA) is 111 Å². The first-order valence-corrected chi connectivity index (χ1v) is 7.94. The Morgan fingerprint density at radius 2 is 2.08 bits per heavy atom. The smallest absolute Gasteiger partial charge is 0.312 e. The number of carbonyl (C=O) groups is 1. The predicted octanol–water partition coefficient (Wildman–Crippen LogP) is 0.792. The van der Waals surface area contributed by atoms with E-state index in [1.807, 2.05) is 14.1 Å². The number of aromatic nitrogens is 4. The van der Waals surface area contributed by atoms with Crippen LogP contribution in [-0.2, 0) is 6.67 Å². The third kappa shape index (κ3) is 4.63. The molecule has 0 aliphatic heterocycles. The largest absolute Gasteiger partial charge is 0.351 e. The number of nitrogens with one attached hydrogen (secondary N) is 1. The molecule has 136 valence electrons. The van der Waals surface area contributed by atoms with E-state index in [1.165, 1.54) is 9.36 Å². The van der Waals surface area contributed by atoms with Crippen LogP contribution >= 0.6 is 0 Å². The van der Waals surface area contributed by atoms with Crippen LogP contribution in [0.5, 0.6) is 0 Å². The van der Waals surface area contributed by atoms with E-state index in [9.17, 15) is 14.9 Å². The van der Waals surface area contributed by atoms with Gasteiger partial charge in [0.1, 0.15) is 23.8 Å². The normalized spacial score (nSPS) is 11.1. The molecule has 10 nitrogen and oxygen atoms in total. The molecule has 0 saturated heterocycles. The quantitative estimate of drug-likeness (QED) is 0.428. The van der Waals surface area contributed by atoms with Crippen molar-refractivity contribution in [3.8, 4) is 0 Å². The first-order valence-electron chi connectivity index (χ1n) is 7.94. The molecular weight excluding hydrogens is 326 g/mol. The average molecular weight is 349 g/mol. The number of rotatable bonds is 8. The van der Waals surface area contributed by atoms with Gasteiger partial charge in [0.05, 0.1) is 4.92 Å². The minimum atomic E-state index is -0.441. The Kier molecular flexibility index (Phi) is 5.86. The molecule has 1 N–H and O–H groups in total. The van der Waals surface area contributed by atoms with Gasteiger partial charge in [-0.05, 0) is 47.0 Å². The Balaban J connectivity index is 1.99. The Morgan fingerprint density at radius 1 is 1.36 bits per heavy atom. The Morgan fingerprint density at radius 3 is 2.68 bits per heavy atom. The molecular formula is C15H23N7O3. The van der Waals surface area contributed by atoms with Gasteiger partial charge in [-0.25, -0.2) is 4.68 Å². The van der Waals surface area contributed by atoms with E-state index >= 15 is 0 Å². The number of amides is 1. The van der Waals surface area contributed by atoms with Crippen LogP contribution in [0.2, 0.25) is 0 Å². The molecule has 2 aromatic heterocycles. The van der Waals surface area contributed by atoms with Crippen molar-refractivity contribution in [2.24, 2.45) is 0 Å². The number of hydrogen-bond donors (Lipinski definition) is 1. The van der Waals surface area contributed by atoms with Gasteiger partial charge in [0.25, 0.3) is 5.91 Å². The standard InChI is InChI=1S/C15H23N7O3/c1-11-14(22(24)25)12(2)21(17-11)10-20-9-6-13(18-20)15(23)16-7-5-8-19(3)4/h6,9H,5,7-8,10H2,1-4H3,(H,16,23). The predicted molar refractivity (Wildman–Crippen MR) is 91.5 cm³/mol. The first kappa shape index (κ1) is 18.6. The van der Waals surface area contributed by atoms with Gasteiger partial charge in [0.2, 0.25) is 0 Å². The molecule has 10 heteroatoms. The summed E-state index contributed by atoms with van der Waals surface area (Å²) in [6.07, 6.45) is 2.51. The van der Waals surface area contributed by atoms with E-state index in [0.717, 1.165) is 13.0 Å². The van der Waals surface area contributed by atoms with E-state index in [-0.39, 0.29) is 18.3 Å². The zero-order chi connectivity index (χ0) is 18.6. The summed E-state index contributed by atoms with van der Waals surface area (Å²) in [6, 6.07) is 1.61. The molecule has 0 aliphatic rings. The fraction of sp³-hybridized carbons (Fsp3) is 0.533. The molecule has 0 aromatic carbocycles. The number of aryl methyl sites for hydroxylation is 1. The summed E-state index contributed by atoms with van der Waals surface area (Å²) in [4.78, 5) is 24.7. The highest BCUT2D eigenvalue weighted by Crippen LogP contribution is 2.21. The van der Waals surface area contributed by atoms with Crippen molar-refractivity contribution >= 4 is 11.6 Å². The van der Waals surface area contributed by atoms with Gasteiger partial charge in [-0.15, -0.1) is 0 Å². The molecule has 0 bridgehead atoms. The molecule has 0 unspecified atom stereocenters. The maximum atomic E-state index is 12.1. The lowest BCUT2D eigenvalue weighted by molar-refractivity contribution is -0.386. The zero-order valence-corrected chi connectivity index (χ0v) is 14.9. The molecule has 0 atom stereocenters. The van der Waals surface area contributed by atoms with Gasteiger partial charge in [-0.2, -0.15) is 10.2 Å². The molecule has 0 spiro atoms. The third-order valence-corrected chi connectivity index (χ3v) is 3.75. The molecule has 25 heavy (non-hydrogen) atoms. The minimum absolute atomic E-state index is 0.00557. The second-order valence-electron chi connectivity index (χ2n) is 6.07. The van der Waals surface area contributed by atoms with Crippen LogP contribution in [0.1, 0.15) is 28.3 Å². The van der Waals surface area contributed by atoms with Crippen LogP contribution in [0, 0.1) is 24.0 Å². The fourth-order valence-corrected chi connectivity index (χ4v) is 2.48. The molecule has 0 fully saturated rings. The Hall–Kier alpha value is -2.75. The first-order chi connectivity index (χ1) is 11.8. The average Bonchev–Trinajstić information content (AvgIpc) is 3.09. The van der Waals surface area contributed by atoms with Crippen LogP contribution in [0.15, 0.2) is 12.3 Å². The van der Waals surface area contributed by atoms with Crippen molar-refractivity contribution in [1.82, 2.24) is 29.8 Å². The van der Waals surface area contributed by atoms with Crippen molar-refractivity contribution in [2.45, 2.75) is 26.9 Å². The lowest BCUT2D eigenvalue weighted by Crippen LogP contribution is -2.27. The van der Waals surface area contributed by atoms with Gasteiger partial charge in [-0.3, -0.25) is 19.6 Å². The number of nitro groups is 1. The second kappa shape index (κ2) is 7.88. The van der Waals surface area contributed by atoms with Crippen LogP contribution in [0.3, 0.4) is 0 Å². The van der Waals surface area contributed by atoms with Gasteiger partial charge in [-0.1, -0.05) is 0 Å². The van der Waals surface area contributed by atoms with Crippen molar-refractivity contribution in [1.29, 1.82) is 0 Å². The molecule has 2 aromatic rings. The summed E-state index contributed by atoms with van der Waals surface area (Å²) >= 11 is 0. The molecule has 2 heterocycles. The van der Waals surface area contributed by atoms with Gasteiger partial charge >= 0.3 is 5.69 Å². The maximum Gasteiger partial charge on any atom is 0.312 e. The van der Waals surface area contributed by atoms with Crippen LogP contribution in [-0.4, -0.2) is 62.5 Å². The Labute approximate surface area is 145 Å². The lowest BCUT2D eigenvalue weighted by atomic mass is 10.3. The third-order valence-electron chi connectivity index (χ3n) is 3.75. The summed E-state index contributed by atoms with van der Waals surface area (Å²) in [6.45, 7) is 4.91. The molecule has 0 aliphatic carbocycles. The SMILES string of the molecule is Cc1nn(Cn2ccc(C(=O)NCCCN(C)C)n2)c(C)c1[N+](=O)[O-]. The maximum absolute atomic E-state index is 12.1. The van der Waals surface area contributed by atoms with Crippen molar-refractivity contribution in [3.05, 3.63) is 39.5 Å². The second-order valence-corrected chi connectivity index (χ2v) is 6.07. The summed E-state index contributed by atoms with van der Waals surface area (Å²) < 4.78 is 3.02. The summed E-state index contributed by atoms with van der Waals surface area (Å²) in [5, 5.41) is 22.2. The molecule has 1 amide bonds. The van der Waals surface area contributed by atoms with Gasteiger partial charge < -0.3 is 10.2 Å². The molecule has 2 rings (SSSR count). The Bertz CT molecular complexity index is 763. The zero-order valence-electron chi connectivity index (χ0n) is 14.9. The molecule has 0 saturated carbocycles. The highest BCUT2D eigenvalue weighted by molar-refractivity contribution is 5.92.